The van der Waals surface area contributed by atoms with Gasteiger partial charge in [-0.1, -0.05) is 6.07 Å². The van der Waals surface area contributed by atoms with Gasteiger partial charge < -0.3 is 9.84 Å². The third-order valence-corrected chi connectivity index (χ3v) is 2.63. The molecule has 0 bridgehead atoms. The summed E-state index contributed by atoms with van der Waals surface area (Å²) in [4.78, 5) is 13.7. The van der Waals surface area contributed by atoms with Crippen molar-refractivity contribution in [3.05, 3.63) is 51.7 Å². The first-order chi connectivity index (χ1) is 9.52. The highest BCUT2D eigenvalue weighted by atomic mass is 16.6. The minimum absolute atomic E-state index is 0.0444. The molecule has 0 radical (unpaired) electrons. The molecule has 0 aliphatic rings. The zero-order valence-corrected chi connectivity index (χ0v) is 10.4. The maximum absolute atomic E-state index is 10.6. The Morgan fingerprint density at radius 3 is 2.90 bits per heavy atom. The lowest BCUT2D eigenvalue weighted by Crippen LogP contribution is -1.96. The number of aromatic nitrogens is 1. The van der Waals surface area contributed by atoms with E-state index in [4.69, 9.17) is 10.00 Å². The molecule has 0 saturated carbocycles. The van der Waals surface area contributed by atoms with Crippen molar-refractivity contribution in [2.24, 2.45) is 0 Å². The molecule has 0 aliphatic carbocycles. The number of hydrogen-bond acceptors (Lipinski definition) is 6. The van der Waals surface area contributed by atoms with Crippen LogP contribution in [0.15, 0.2) is 30.5 Å². The molecule has 2 aromatic rings. The van der Waals surface area contributed by atoms with Crippen molar-refractivity contribution in [1.82, 2.24) is 4.98 Å². The van der Waals surface area contributed by atoms with Crippen LogP contribution >= 0.6 is 0 Å². The van der Waals surface area contributed by atoms with Crippen molar-refractivity contribution in [3.8, 4) is 23.4 Å². The summed E-state index contributed by atoms with van der Waals surface area (Å²) < 4.78 is 5.43. The lowest BCUT2D eigenvalue weighted by molar-refractivity contribution is -0.385. The average Bonchev–Trinajstić information content (AvgIpc) is 2.44. The molecule has 7 nitrogen and oxygen atoms in total. The molecule has 1 N–H and O–H groups in total. The van der Waals surface area contributed by atoms with Gasteiger partial charge >= 0.3 is 0 Å². The number of phenolic OH excluding ortho intramolecular Hbond substituents is 1. The van der Waals surface area contributed by atoms with E-state index < -0.39 is 4.92 Å². The molecule has 2 rings (SSSR count). The summed E-state index contributed by atoms with van der Waals surface area (Å²) in [6.07, 6.45) is 1.01. The zero-order chi connectivity index (χ0) is 14.7. The van der Waals surface area contributed by atoms with E-state index >= 15 is 0 Å². The van der Waals surface area contributed by atoms with E-state index in [1.807, 2.05) is 0 Å². The number of nitrogens with zero attached hydrogens (tertiary/aromatic N) is 3. The summed E-state index contributed by atoms with van der Waals surface area (Å²) in [5, 5.41) is 29.2. The van der Waals surface area contributed by atoms with E-state index in [0.717, 1.165) is 12.3 Å². The van der Waals surface area contributed by atoms with Crippen LogP contribution in [0.2, 0.25) is 0 Å². The van der Waals surface area contributed by atoms with Gasteiger partial charge in [0.1, 0.15) is 29.3 Å². The van der Waals surface area contributed by atoms with Gasteiger partial charge in [0.2, 0.25) is 5.88 Å². The molecule has 7 heteroatoms. The summed E-state index contributed by atoms with van der Waals surface area (Å²) in [6.45, 7) is 1.64. The molecule has 0 aliphatic heterocycles. The molecule has 0 amide bonds. The summed E-state index contributed by atoms with van der Waals surface area (Å²) in [5.41, 5.74) is 0.139. The quantitative estimate of drug-likeness (QED) is 0.678. The monoisotopic (exact) mass is 271 g/mol. The summed E-state index contributed by atoms with van der Waals surface area (Å²) in [5.74, 6) is 0.317. The number of hydrogen-bond donors (Lipinski definition) is 1. The normalized spacial score (nSPS) is 9.80. The second-order valence-electron chi connectivity index (χ2n) is 3.92. The maximum Gasteiger partial charge on any atom is 0.289 e. The predicted molar refractivity (Wildman–Crippen MR) is 68.5 cm³/mol. The molecule has 20 heavy (non-hydrogen) atoms. The fourth-order valence-corrected chi connectivity index (χ4v) is 1.52. The smallest absolute Gasteiger partial charge is 0.289 e. The topological polar surface area (TPSA) is 109 Å². The highest BCUT2D eigenvalue weighted by molar-refractivity contribution is 5.49. The molecule has 0 spiro atoms. The third kappa shape index (κ3) is 2.49. The Labute approximate surface area is 113 Å². The number of rotatable bonds is 3. The van der Waals surface area contributed by atoms with Gasteiger partial charge in [-0.25, -0.2) is 4.98 Å². The number of ether oxygens (including phenoxy) is 1. The van der Waals surface area contributed by atoms with Gasteiger partial charge in [0.15, 0.2) is 0 Å². The van der Waals surface area contributed by atoms with Gasteiger partial charge in [-0.2, -0.15) is 5.26 Å². The van der Waals surface area contributed by atoms with Crippen LogP contribution in [0.5, 0.6) is 17.4 Å². The minimum Gasteiger partial charge on any atom is -0.508 e. The number of pyridine rings is 1. The van der Waals surface area contributed by atoms with Crippen LogP contribution < -0.4 is 4.74 Å². The van der Waals surface area contributed by atoms with Crippen molar-refractivity contribution < 1.29 is 14.8 Å². The Bertz CT molecular complexity index is 722. The first kappa shape index (κ1) is 13.3. The molecule has 1 heterocycles. The second kappa shape index (κ2) is 5.24. The number of benzene rings is 1. The van der Waals surface area contributed by atoms with Gasteiger partial charge in [0.05, 0.1) is 4.92 Å². The van der Waals surface area contributed by atoms with Crippen LogP contribution in [0.4, 0.5) is 5.69 Å². The van der Waals surface area contributed by atoms with Crippen LogP contribution in [-0.4, -0.2) is 15.0 Å². The minimum atomic E-state index is -0.642. The molecule has 0 atom stereocenters. The number of nitro groups is 1. The SMILES string of the molecule is Cc1c(O)cccc1Oc1ncc([N+](=O)[O-])cc1C#N. The molecular formula is C13H9N3O4. The van der Waals surface area contributed by atoms with Crippen molar-refractivity contribution in [3.63, 3.8) is 0 Å². The van der Waals surface area contributed by atoms with Crippen LogP contribution in [0.1, 0.15) is 11.1 Å². The summed E-state index contributed by atoms with van der Waals surface area (Å²) >= 11 is 0. The highest BCUT2D eigenvalue weighted by Gasteiger charge is 2.15. The molecule has 100 valence electrons. The van der Waals surface area contributed by atoms with E-state index in [-0.39, 0.29) is 22.9 Å². The fraction of sp³-hybridized carbons (Fsp3) is 0.0769. The summed E-state index contributed by atoms with van der Waals surface area (Å²) in [7, 11) is 0. The van der Waals surface area contributed by atoms with Crippen molar-refractivity contribution in [2.45, 2.75) is 6.92 Å². The van der Waals surface area contributed by atoms with Crippen LogP contribution in [0, 0.1) is 28.4 Å². The van der Waals surface area contributed by atoms with E-state index in [9.17, 15) is 15.2 Å². The van der Waals surface area contributed by atoms with Gasteiger partial charge in [-0.05, 0) is 19.1 Å². The number of phenols is 1. The third-order valence-electron chi connectivity index (χ3n) is 2.63. The lowest BCUT2D eigenvalue weighted by atomic mass is 10.2. The Hall–Kier alpha value is -3.14. The van der Waals surface area contributed by atoms with Crippen molar-refractivity contribution in [2.75, 3.05) is 0 Å². The Kier molecular flexibility index (Phi) is 3.48. The van der Waals surface area contributed by atoms with E-state index in [2.05, 4.69) is 4.98 Å². The average molecular weight is 271 g/mol. The fourth-order valence-electron chi connectivity index (χ4n) is 1.52. The van der Waals surface area contributed by atoms with E-state index in [1.54, 1.807) is 25.1 Å². The first-order valence-electron chi connectivity index (χ1n) is 5.54. The van der Waals surface area contributed by atoms with Crippen LogP contribution in [0.25, 0.3) is 0 Å². The molecular weight excluding hydrogens is 262 g/mol. The molecule has 0 fully saturated rings. The second-order valence-corrected chi connectivity index (χ2v) is 3.92. The van der Waals surface area contributed by atoms with Gasteiger partial charge in [-0.3, -0.25) is 10.1 Å². The lowest BCUT2D eigenvalue weighted by Gasteiger charge is -2.09. The largest absolute Gasteiger partial charge is 0.508 e. The maximum atomic E-state index is 10.6. The molecule has 1 aromatic heterocycles. The molecule has 1 aromatic carbocycles. The zero-order valence-electron chi connectivity index (χ0n) is 10.4. The standard InChI is InChI=1S/C13H9N3O4/c1-8-11(17)3-2-4-12(8)20-13-9(6-14)5-10(7-15-13)16(18)19/h2-5,7,17H,1H3. The van der Waals surface area contributed by atoms with Gasteiger partial charge in [0, 0.05) is 11.6 Å². The van der Waals surface area contributed by atoms with Crippen LogP contribution in [0.3, 0.4) is 0 Å². The van der Waals surface area contributed by atoms with Crippen molar-refractivity contribution in [1.29, 1.82) is 5.26 Å². The first-order valence-corrected chi connectivity index (χ1v) is 5.54. The molecule has 0 saturated heterocycles. The predicted octanol–water partition coefficient (Wildman–Crippen LogP) is 2.67. The summed E-state index contributed by atoms with van der Waals surface area (Å²) in [6, 6.07) is 7.55. The van der Waals surface area contributed by atoms with Gasteiger partial charge in [0.25, 0.3) is 5.69 Å². The van der Waals surface area contributed by atoms with E-state index in [0.29, 0.717) is 11.3 Å². The van der Waals surface area contributed by atoms with Crippen molar-refractivity contribution >= 4 is 5.69 Å². The van der Waals surface area contributed by atoms with Gasteiger partial charge in [-0.15, -0.1) is 0 Å². The Balaban J connectivity index is 2.42. The van der Waals surface area contributed by atoms with Crippen LogP contribution in [-0.2, 0) is 0 Å². The Morgan fingerprint density at radius 1 is 1.50 bits per heavy atom. The number of aromatic hydroxyl groups is 1. The number of nitriles is 1. The highest BCUT2D eigenvalue weighted by Crippen LogP contribution is 2.31. The Morgan fingerprint density at radius 2 is 2.25 bits per heavy atom. The van der Waals surface area contributed by atoms with E-state index in [1.165, 1.54) is 6.07 Å². The molecule has 0 unspecified atom stereocenters.